The Kier molecular flexibility index (Phi) is 3.38. The molecule has 0 radical (unpaired) electrons. The standard InChI is InChI=1S/C10H8BrClN2O/c11-6-5-9-13-14-10(15-9)7-1-3-8(12)4-2-7/h1-4H,5-6H2. The van der Waals surface area contributed by atoms with Crippen molar-refractivity contribution >= 4 is 27.5 Å². The molecule has 0 atom stereocenters. The number of aryl methyl sites for hydroxylation is 1. The highest BCUT2D eigenvalue weighted by Crippen LogP contribution is 2.20. The number of benzene rings is 1. The van der Waals surface area contributed by atoms with E-state index >= 15 is 0 Å². The number of rotatable bonds is 3. The molecule has 0 N–H and O–H groups in total. The molecule has 3 nitrogen and oxygen atoms in total. The molecule has 0 saturated carbocycles. The number of hydrogen-bond donors (Lipinski definition) is 0. The summed E-state index contributed by atoms with van der Waals surface area (Å²) in [5.74, 6) is 1.17. The monoisotopic (exact) mass is 286 g/mol. The molecule has 0 aliphatic carbocycles. The molecule has 0 spiro atoms. The predicted molar refractivity (Wildman–Crippen MR) is 62.2 cm³/mol. The maximum absolute atomic E-state index is 5.78. The zero-order valence-electron chi connectivity index (χ0n) is 7.78. The lowest BCUT2D eigenvalue weighted by Gasteiger charge is -1.93. The highest BCUT2D eigenvalue weighted by atomic mass is 79.9. The number of aromatic nitrogens is 2. The Morgan fingerprint density at radius 2 is 1.93 bits per heavy atom. The van der Waals surface area contributed by atoms with Crippen LogP contribution in [-0.4, -0.2) is 15.5 Å². The van der Waals surface area contributed by atoms with Gasteiger partial charge in [-0.15, -0.1) is 10.2 Å². The number of nitrogens with zero attached hydrogens (tertiary/aromatic N) is 2. The minimum absolute atomic E-state index is 0.530. The Morgan fingerprint density at radius 1 is 1.20 bits per heavy atom. The van der Waals surface area contributed by atoms with Crippen molar-refractivity contribution in [2.75, 3.05) is 5.33 Å². The van der Waals surface area contributed by atoms with Crippen molar-refractivity contribution in [3.05, 3.63) is 35.2 Å². The molecule has 0 saturated heterocycles. The molecule has 0 unspecified atom stereocenters. The van der Waals surface area contributed by atoms with Gasteiger partial charge in [-0.05, 0) is 24.3 Å². The summed E-state index contributed by atoms with van der Waals surface area (Å²) in [5, 5.41) is 9.39. The Labute approximate surface area is 101 Å². The Hall–Kier alpha value is -0.870. The molecule has 2 aromatic rings. The van der Waals surface area contributed by atoms with E-state index in [1.807, 2.05) is 12.1 Å². The first-order chi connectivity index (χ1) is 7.29. The second-order valence-corrected chi connectivity index (χ2v) is 4.18. The van der Waals surface area contributed by atoms with Crippen LogP contribution in [-0.2, 0) is 6.42 Å². The second-order valence-electron chi connectivity index (χ2n) is 2.95. The summed E-state index contributed by atoms with van der Waals surface area (Å²) in [6, 6.07) is 7.30. The van der Waals surface area contributed by atoms with Crippen LogP contribution in [0.2, 0.25) is 5.02 Å². The van der Waals surface area contributed by atoms with Crippen molar-refractivity contribution in [2.24, 2.45) is 0 Å². The zero-order chi connectivity index (χ0) is 10.7. The summed E-state index contributed by atoms with van der Waals surface area (Å²) < 4.78 is 5.45. The molecule has 0 bridgehead atoms. The topological polar surface area (TPSA) is 38.9 Å². The summed E-state index contributed by atoms with van der Waals surface area (Å²) in [6.07, 6.45) is 0.737. The van der Waals surface area contributed by atoms with Crippen LogP contribution in [0.3, 0.4) is 0 Å². The van der Waals surface area contributed by atoms with Gasteiger partial charge in [0.25, 0.3) is 0 Å². The molecule has 1 aromatic heterocycles. The van der Waals surface area contributed by atoms with E-state index in [1.54, 1.807) is 12.1 Å². The van der Waals surface area contributed by atoms with Crippen LogP contribution in [0.25, 0.3) is 11.5 Å². The molecule has 0 fully saturated rings. The first-order valence-electron chi connectivity index (χ1n) is 4.44. The van der Waals surface area contributed by atoms with E-state index in [0.717, 1.165) is 17.3 Å². The summed E-state index contributed by atoms with van der Waals surface area (Å²) in [5.41, 5.74) is 0.882. The minimum atomic E-state index is 0.530. The summed E-state index contributed by atoms with van der Waals surface area (Å²) >= 11 is 9.10. The highest BCUT2D eigenvalue weighted by molar-refractivity contribution is 9.09. The second kappa shape index (κ2) is 4.77. The van der Waals surface area contributed by atoms with Crippen LogP contribution in [0, 0.1) is 0 Å². The first kappa shape index (κ1) is 10.6. The van der Waals surface area contributed by atoms with E-state index in [2.05, 4.69) is 26.1 Å². The molecular weight excluding hydrogens is 279 g/mol. The third-order valence-corrected chi connectivity index (χ3v) is 2.51. The highest BCUT2D eigenvalue weighted by Gasteiger charge is 2.07. The van der Waals surface area contributed by atoms with Gasteiger partial charge in [-0.1, -0.05) is 27.5 Å². The maximum Gasteiger partial charge on any atom is 0.247 e. The summed E-state index contributed by atoms with van der Waals surface area (Å²) in [7, 11) is 0. The third-order valence-electron chi connectivity index (χ3n) is 1.87. The van der Waals surface area contributed by atoms with Crippen molar-refractivity contribution in [3.8, 4) is 11.5 Å². The largest absolute Gasteiger partial charge is 0.421 e. The van der Waals surface area contributed by atoms with Crippen LogP contribution in [0.1, 0.15) is 5.89 Å². The van der Waals surface area contributed by atoms with Crippen LogP contribution >= 0.6 is 27.5 Å². The van der Waals surface area contributed by atoms with Gasteiger partial charge in [0, 0.05) is 22.3 Å². The van der Waals surface area contributed by atoms with Gasteiger partial charge in [-0.2, -0.15) is 0 Å². The van der Waals surface area contributed by atoms with Crippen molar-refractivity contribution in [2.45, 2.75) is 6.42 Å². The average molecular weight is 288 g/mol. The van der Waals surface area contributed by atoms with Gasteiger partial charge in [-0.3, -0.25) is 0 Å². The number of hydrogen-bond acceptors (Lipinski definition) is 3. The summed E-state index contributed by atoms with van der Waals surface area (Å²) in [4.78, 5) is 0. The number of alkyl halides is 1. The van der Waals surface area contributed by atoms with Crippen LogP contribution < -0.4 is 0 Å². The van der Waals surface area contributed by atoms with Gasteiger partial charge >= 0.3 is 0 Å². The smallest absolute Gasteiger partial charge is 0.247 e. The van der Waals surface area contributed by atoms with Crippen LogP contribution in [0.15, 0.2) is 28.7 Å². The van der Waals surface area contributed by atoms with E-state index in [4.69, 9.17) is 16.0 Å². The predicted octanol–water partition coefficient (Wildman–Crippen LogP) is 3.33. The lowest BCUT2D eigenvalue weighted by molar-refractivity contribution is 0.514. The molecule has 0 aliphatic heterocycles. The van der Waals surface area contributed by atoms with Gasteiger partial charge in [0.1, 0.15) is 0 Å². The zero-order valence-corrected chi connectivity index (χ0v) is 10.1. The molecule has 1 heterocycles. The van der Waals surface area contributed by atoms with E-state index in [9.17, 15) is 0 Å². The molecule has 15 heavy (non-hydrogen) atoms. The summed E-state index contributed by atoms with van der Waals surface area (Å²) in [6.45, 7) is 0. The quantitative estimate of drug-likeness (QED) is 0.813. The molecule has 78 valence electrons. The lowest BCUT2D eigenvalue weighted by Crippen LogP contribution is -1.83. The van der Waals surface area contributed by atoms with E-state index in [1.165, 1.54) is 0 Å². The van der Waals surface area contributed by atoms with Gasteiger partial charge in [0.2, 0.25) is 11.8 Å². The van der Waals surface area contributed by atoms with Gasteiger partial charge < -0.3 is 4.42 Å². The maximum atomic E-state index is 5.78. The van der Waals surface area contributed by atoms with E-state index in [-0.39, 0.29) is 0 Å². The van der Waals surface area contributed by atoms with E-state index in [0.29, 0.717) is 16.8 Å². The molecular formula is C10H8BrClN2O. The minimum Gasteiger partial charge on any atom is -0.421 e. The Balaban J connectivity index is 2.25. The van der Waals surface area contributed by atoms with Crippen LogP contribution in [0.4, 0.5) is 0 Å². The normalized spacial score (nSPS) is 10.5. The van der Waals surface area contributed by atoms with Gasteiger partial charge in [0.05, 0.1) is 0 Å². The first-order valence-corrected chi connectivity index (χ1v) is 5.94. The average Bonchev–Trinajstić information content (AvgIpc) is 2.68. The molecule has 1 aromatic carbocycles. The lowest BCUT2D eigenvalue weighted by atomic mass is 10.2. The Morgan fingerprint density at radius 3 is 2.60 bits per heavy atom. The fourth-order valence-electron chi connectivity index (χ4n) is 1.14. The van der Waals surface area contributed by atoms with Crippen LogP contribution in [0.5, 0.6) is 0 Å². The van der Waals surface area contributed by atoms with Crippen molar-refractivity contribution in [1.29, 1.82) is 0 Å². The third kappa shape index (κ3) is 2.58. The van der Waals surface area contributed by atoms with Crippen molar-refractivity contribution in [1.82, 2.24) is 10.2 Å². The molecule has 2 rings (SSSR count). The van der Waals surface area contributed by atoms with Crippen molar-refractivity contribution < 1.29 is 4.42 Å². The fourth-order valence-corrected chi connectivity index (χ4v) is 1.61. The van der Waals surface area contributed by atoms with Gasteiger partial charge in [0.15, 0.2) is 0 Å². The molecule has 0 aliphatic rings. The van der Waals surface area contributed by atoms with Gasteiger partial charge in [-0.25, -0.2) is 0 Å². The van der Waals surface area contributed by atoms with E-state index < -0.39 is 0 Å². The SMILES string of the molecule is Clc1ccc(-c2nnc(CCBr)o2)cc1. The molecule has 5 heteroatoms. The number of halogens is 2. The molecule has 0 amide bonds. The fraction of sp³-hybridized carbons (Fsp3) is 0.200. The van der Waals surface area contributed by atoms with Crippen molar-refractivity contribution in [3.63, 3.8) is 0 Å². The Bertz CT molecular complexity index is 441.